The van der Waals surface area contributed by atoms with Gasteiger partial charge < -0.3 is 15.1 Å². The quantitative estimate of drug-likeness (QED) is 0.909. The van der Waals surface area contributed by atoms with Crippen molar-refractivity contribution in [1.82, 2.24) is 15.6 Å². The Hall–Kier alpha value is -1.66. The minimum atomic E-state index is -0.107. The van der Waals surface area contributed by atoms with E-state index in [1.807, 2.05) is 19.1 Å². The number of hydrogen-bond donors (Lipinski definition) is 2. The summed E-state index contributed by atoms with van der Waals surface area (Å²) in [5, 5.41) is 8.81. The summed E-state index contributed by atoms with van der Waals surface area (Å²) < 4.78 is 5.52. The lowest BCUT2D eigenvalue weighted by Gasteiger charge is -2.23. The molecule has 3 heterocycles. The first kappa shape index (κ1) is 13.3. The molecule has 0 saturated carbocycles. The maximum Gasteiger partial charge on any atom is 0.271 e. The van der Waals surface area contributed by atoms with Crippen molar-refractivity contribution in [2.45, 2.75) is 25.8 Å². The van der Waals surface area contributed by atoms with Crippen molar-refractivity contribution in [1.29, 1.82) is 0 Å². The van der Waals surface area contributed by atoms with E-state index in [2.05, 4.69) is 15.6 Å². The second kappa shape index (κ2) is 5.76. The van der Waals surface area contributed by atoms with Gasteiger partial charge in [0, 0.05) is 18.0 Å². The van der Waals surface area contributed by atoms with Gasteiger partial charge in [0.2, 0.25) is 0 Å². The molecular formula is C14H17N3O2S. The summed E-state index contributed by atoms with van der Waals surface area (Å²) in [6.45, 7) is 3.76. The van der Waals surface area contributed by atoms with Gasteiger partial charge >= 0.3 is 0 Å². The van der Waals surface area contributed by atoms with Crippen LogP contribution >= 0.6 is 11.3 Å². The normalized spacial score (nSPS) is 18.9. The minimum absolute atomic E-state index is 0.107. The van der Waals surface area contributed by atoms with E-state index in [1.54, 1.807) is 5.38 Å². The number of carbonyl (C=O) groups excluding carboxylic acids is 1. The number of hydrogen-bond acceptors (Lipinski definition) is 5. The molecule has 2 aromatic rings. The van der Waals surface area contributed by atoms with Gasteiger partial charge in [0.1, 0.15) is 11.5 Å². The topological polar surface area (TPSA) is 67.2 Å². The van der Waals surface area contributed by atoms with E-state index in [0.717, 1.165) is 36.7 Å². The second-order valence-corrected chi connectivity index (χ2v) is 5.82. The van der Waals surface area contributed by atoms with Crippen LogP contribution in [0.5, 0.6) is 0 Å². The summed E-state index contributed by atoms with van der Waals surface area (Å²) in [4.78, 5) is 16.5. The molecular weight excluding hydrogens is 274 g/mol. The van der Waals surface area contributed by atoms with E-state index in [4.69, 9.17) is 4.42 Å². The third kappa shape index (κ3) is 2.91. The Bertz CT molecular complexity index is 599. The average Bonchev–Trinajstić information content (AvgIpc) is 3.08. The summed E-state index contributed by atoms with van der Waals surface area (Å²) in [5.41, 5.74) is 0.463. The van der Waals surface area contributed by atoms with Crippen molar-refractivity contribution in [3.05, 3.63) is 29.0 Å². The van der Waals surface area contributed by atoms with Gasteiger partial charge in [0.25, 0.3) is 5.91 Å². The number of nitrogens with one attached hydrogen (secondary N) is 2. The number of rotatable bonds is 3. The molecule has 1 amide bonds. The van der Waals surface area contributed by atoms with Crippen LogP contribution in [0.15, 0.2) is 21.9 Å². The molecule has 0 spiro atoms. The molecule has 3 rings (SSSR count). The van der Waals surface area contributed by atoms with Gasteiger partial charge in [-0.15, -0.1) is 11.3 Å². The Kier molecular flexibility index (Phi) is 3.84. The molecule has 20 heavy (non-hydrogen) atoms. The second-order valence-electron chi connectivity index (χ2n) is 4.96. The van der Waals surface area contributed by atoms with Crippen LogP contribution in [-0.4, -0.2) is 30.0 Å². The van der Waals surface area contributed by atoms with E-state index in [0.29, 0.717) is 11.5 Å². The number of amides is 1. The maximum absolute atomic E-state index is 12.1. The lowest BCUT2D eigenvalue weighted by molar-refractivity contribution is 0.0926. The highest BCUT2D eigenvalue weighted by Crippen LogP contribution is 2.25. The average molecular weight is 291 g/mol. The lowest BCUT2D eigenvalue weighted by Crippen LogP contribution is -2.45. The Balaban J connectivity index is 1.68. The van der Waals surface area contributed by atoms with Crippen molar-refractivity contribution in [2.24, 2.45) is 0 Å². The Labute approximate surface area is 121 Å². The van der Waals surface area contributed by atoms with Gasteiger partial charge in [0.15, 0.2) is 10.8 Å². The van der Waals surface area contributed by atoms with Crippen LogP contribution < -0.4 is 10.6 Å². The van der Waals surface area contributed by atoms with Crippen molar-refractivity contribution in [3.8, 4) is 10.8 Å². The maximum atomic E-state index is 12.1. The number of furan rings is 1. The molecule has 1 aliphatic heterocycles. The van der Waals surface area contributed by atoms with Crippen molar-refractivity contribution in [3.63, 3.8) is 0 Å². The highest BCUT2D eigenvalue weighted by molar-refractivity contribution is 7.13. The molecule has 1 fully saturated rings. The standard InChI is InChI=1S/C14H17N3O2S/c1-9-4-5-12(19-9)14-17-11(8-20-14)13(18)16-10-3-2-6-15-7-10/h4-5,8,10,15H,2-3,6-7H2,1H3,(H,16,18). The summed E-state index contributed by atoms with van der Waals surface area (Å²) in [6.07, 6.45) is 2.12. The Morgan fingerprint density at radius 2 is 2.45 bits per heavy atom. The molecule has 0 bridgehead atoms. The van der Waals surface area contributed by atoms with E-state index >= 15 is 0 Å². The van der Waals surface area contributed by atoms with Crippen LogP contribution in [0.2, 0.25) is 0 Å². The monoisotopic (exact) mass is 291 g/mol. The third-order valence-corrected chi connectivity index (χ3v) is 4.18. The van der Waals surface area contributed by atoms with Crippen LogP contribution in [0, 0.1) is 6.92 Å². The molecule has 5 nitrogen and oxygen atoms in total. The zero-order chi connectivity index (χ0) is 13.9. The first-order chi connectivity index (χ1) is 9.72. The SMILES string of the molecule is Cc1ccc(-c2nc(C(=O)NC3CCCNC3)cs2)o1. The third-order valence-electron chi connectivity index (χ3n) is 3.32. The van der Waals surface area contributed by atoms with E-state index in [-0.39, 0.29) is 11.9 Å². The van der Waals surface area contributed by atoms with E-state index < -0.39 is 0 Å². The number of carbonyl (C=O) groups is 1. The number of aryl methyl sites for hydroxylation is 1. The zero-order valence-electron chi connectivity index (χ0n) is 11.3. The number of thiazole rings is 1. The molecule has 1 atom stereocenters. The minimum Gasteiger partial charge on any atom is -0.459 e. The van der Waals surface area contributed by atoms with Crippen LogP contribution in [-0.2, 0) is 0 Å². The lowest BCUT2D eigenvalue weighted by atomic mass is 10.1. The number of piperidine rings is 1. The summed E-state index contributed by atoms with van der Waals surface area (Å²) in [5.74, 6) is 1.45. The van der Waals surface area contributed by atoms with E-state index in [9.17, 15) is 4.79 Å². The molecule has 1 aliphatic rings. The zero-order valence-corrected chi connectivity index (χ0v) is 12.1. The highest BCUT2D eigenvalue weighted by Gasteiger charge is 2.19. The largest absolute Gasteiger partial charge is 0.459 e. The first-order valence-electron chi connectivity index (χ1n) is 6.76. The molecule has 106 valence electrons. The first-order valence-corrected chi connectivity index (χ1v) is 7.64. The fraction of sp³-hybridized carbons (Fsp3) is 0.429. The van der Waals surface area contributed by atoms with E-state index in [1.165, 1.54) is 11.3 Å². The smallest absolute Gasteiger partial charge is 0.271 e. The van der Waals surface area contributed by atoms with Gasteiger partial charge in [-0.3, -0.25) is 4.79 Å². The predicted octanol–water partition coefficient (Wildman–Crippen LogP) is 2.19. The van der Waals surface area contributed by atoms with Gasteiger partial charge in [0.05, 0.1) is 0 Å². The number of nitrogens with zero attached hydrogens (tertiary/aromatic N) is 1. The van der Waals surface area contributed by atoms with Crippen LogP contribution in [0.25, 0.3) is 10.8 Å². The molecule has 6 heteroatoms. The predicted molar refractivity (Wildman–Crippen MR) is 77.9 cm³/mol. The summed E-state index contributed by atoms with van der Waals surface area (Å²) in [6, 6.07) is 3.97. The molecule has 2 N–H and O–H groups in total. The summed E-state index contributed by atoms with van der Waals surface area (Å²) in [7, 11) is 0. The van der Waals surface area contributed by atoms with Crippen LogP contribution in [0.1, 0.15) is 29.1 Å². The van der Waals surface area contributed by atoms with Crippen LogP contribution in [0.3, 0.4) is 0 Å². The van der Waals surface area contributed by atoms with Crippen molar-refractivity contribution in [2.75, 3.05) is 13.1 Å². The Morgan fingerprint density at radius 3 is 3.15 bits per heavy atom. The van der Waals surface area contributed by atoms with Crippen molar-refractivity contribution < 1.29 is 9.21 Å². The molecule has 0 aliphatic carbocycles. The fourth-order valence-electron chi connectivity index (χ4n) is 2.28. The highest BCUT2D eigenvalue weighted by atomic mass is 32.1. The Morgan fingerprint density at radius 1 is 1.55 bits per heavy atom. The molecule has 0 aromatic carbocycles. The molecule has 1 unspecified atom stereocenters. The van der Waals surface area contributed by atoms with Crippen molar-refractivity contribution >= 4 is 17.2 Å². The number of aromatic nitrogens is 1. The summed E-state index contributed by atoms with van der Waals surface area (Å²) >= 11 is 1.43. The van der Waals surface area contributed by atoms with Gasteiger partial charge in [-0.25, -0.2) is 4.98 Å². The van der Waals surface area contributed by atoms with Gasteiger partial charge in [-0.1, -0.05) is 0 Å². The molecule has 1 saturated heterocycles. The van der Waals surface area contributed by atoms with Gasteiger partial charge in [-0.2, -0.15) is 0 Å². The molecule has 0 radical (unpaired) electrons. The fourth-order valence-corrected chi connectivity index (χ4v) is 3.03. The van der Waals surface area contributed by atoms with Crippen LogP contribution in [0.4, 0.5) is 0 Å². The molecule has 2 aromatic heterocycles. The van der Waals surface area contributed by atoms with Gasteiger partial charge in [-0.05, 0) is 38.4 Å².